The van der Waals surface area contributed by atoms with E-state index in [1.807, 2.05) is 17.8 Å². The summed E-state index contributed by atoms with van der Waals surface area (Å²) in [6.07, 6.45) is 1.13. The molecular weight excluding hydrogens is 204 g/mol. The van der Waals surface area contributed by atoms with E-state index in [2.05, 4.69) is 42.4 Å². The van der Waals surface area contributed by atoms with Crippen LogP contribution in [-0.2, 0) is 0 Å². The van der Waals surface area contributed by atoms with Crippen molar-refractivity contribution in [1.82, 2.24) is 0 Å². The summed E-state index contributed by atoms with van der Waals surface area (Å²) >= 11 is 1.82. The number of benzene rings is 1. The van der Waals surface area contributed by atoms with E-state index in [1.54, 1.807) is 0 Å². The molecule has 0 bridgehead atoms. The van der Waals surface area contributed by atoms with Crippen molar-refractivity contribution in [3.05, 3.63) is 29.8 Å². The third-order valence-electron chi connectivity index (χ3n) is 2.57. The molecule has 3 heteroatoms. The lowest BCUT2D eigenvalue weighted by Gasteiger charge is -2.07. The van der Waals surface area contributed by atoms with Crippen LogP contribution in [0.1, 0.15) is 18.9 Å². The molecule has 1 aromatic rings. The van der Waals surface area contributed by atoms with Crippen LogP contribution in [0.15, 0.2) is 29.3 Å². The van der Waals surface area contributed by atoms with Crippen molar-refractivity contribution >= 4 is 22.6 Å². The molecule has 0 aliphatic carbocycles. The minimum Gasteiger partial charge on any atom is -0.335 e. The zero-order valence-electron chi connectivity index (χ0n) is 9.16. The van der Waals surface area contributed by atoms with Crippen molar-refractivity contribution in [2.75, 3.05) is 11.1 Å². The van der Waals surface area contributed by atoms with Gasteiger partial charge in [-0.15, -0.1) is 0 Å². The molecule has 15 heavy (non-hydrogen) atoms. The topological polar surface area (TPSA) is 24.4 Å². The molecule has 1 aliphatic rings. The maximum atomic E-state index is 4.61. The number of nitrogens with zero attached hydrogens (tertiary/aromatic N) is 1. The molecule has 0 spiro atoms. The Labute approximate surface area is 95.2 Å². The van der Waals surface area contributed by atoms with Gasteiger partial charge in [-0.1, -0.05) is 36.9 Å². The zero-order valence-corrected chi connectivity index (χ0v) is 9.97. The zero-order chi connectivity index (χ0) is 10.7. The molecule has 0 radical (unpaired) electrons. The molecule has 1 heterocycles. The summed E-state index contributed by atoms with van der Waals surface area (Å²) < 4.78 is 0. The third-order valence-corrected chi connectivity index (χ3v) is 3.60. The van der Waals surface area contributed by atoms with Crippen LogP contribution in [0.25, 0.3) is 0 Å². The van der Waals surface area contributed by atoms with Crippen LogP contribution in [0.4, 0.5) is 5.69 Å². The second-order valence-corrected chi connectivity index (χ2v) is 4.76. The molecule has 1 unspecified atom stereocenters. The monoisotopic (exact) mass is 220 g/mol. The molecule has 0 amide bonds. The predicted octanol–water partition coefficient (Wildman–Crippen LogP) is 3.29. The van der Waals surface area contributed by atoms with Crippen molar-refractivity contribution in [3.63, 3.8) is 0 Å². The highest BCUT2D eigenvalue weighted by molar-refractivity contribution is 8.14. The number of aryl methyl sites for hydroxylation is 1. The summed E-state index contributed by atoms with van der Waals surface area (Å²) in [5.41, 5.74) is 2.43. The van der Waals surface area contributed by atoms with Crippen LogP contribution >= 0.6 is 11.8 Å². The van der Waals surface area contributed by atoms with E-state index >= 15 is 0 Å². The second-order valence-electron chi connectivity index (χ2n) is 3.75. The molecule has 0 saturated carbocycles. The van der Waals surface area contributed by atoms with E-state index in [-0.39, 0.29) is 0 Å². The predicted molar refractivity (Wildman–Crippen MR) is 68.8 cm³/mol. The van der Waals surface area contributed by atoms with Gasteiger partial charge in [0.25, 0.3) is 0 Å². The van der Waals surface area contributed by atoms with Crippen LogP contribution in [0.3, 0.4) is 0 Å². The van der Waals surface area contributed by atoms with Gasteiger partial charge in [0.15, 0.2) is 5.17 Å². The van der Waals surface area contributed by atoms with Crippen LogP contribution in [0.2, 0.25) is 0 Å². The van der Waals surface area contributed by atoms with E-state index < -0.39 is 0 Å². The number of aliphatic imine (C=N–C) groups is 1. The van der Waals surface area contributed by atoms with Gasteiger partial charge < -0.3 is 5.32 Å². The largest absolute Gasteiger partial charge is 0.335 e. The number of hydrogen-bond donors (Lipinski definition) is 1. The first-order chi connectivity index (χ1) is 7.29. The molecule has 1 aromatic carbocycles. The Morgan fingerprint density at radius 3 is 2.93 bits per heavy atom. The molecule has 1 N–H and O–H groups in total. The van der Waals surface area contributed by atoms with Crippen molar-refractivity contribution in [2.24, 2.45) is 4.99 Å². The number of rotatable bonds is 2. The first kappa shape index (κ1) is 10.6. The van der Waals surface area contributed by atoms with Gasteiger partial charge in [0.1, 0.15) is 0 Å². The summed E-state index contributed by atoms with van der Waals surface area (Å²) in [7, 11) is 0. The number of para-hydroxylation sites is 1. The maximum Gasteiger partial charge on any atom is 0.161 e. The fourth-order valence-corrected chi connectivity index (χ4v) is 2.59. The van der Waals surface area contributed by atoms with Gasteiger partial charge in [0, 0.05) is 11.4 Å². The summed E-state index contributed by atoms with van der Waals surface area (Å²) in [6.45, 7) is 4.30. The third kappa shape index (κ3) is 2.53. The van der Waals surface area contributed by atoms with E-state index in [0.717, 1.165) is 17.3 Å². The minimum atomic E-state index is 0.501. The lowest BCUT2D eigenvalue weighted by molar-refractivity contribution is 0.738. The standard InChI is InChI=1S/C12H16N2S/c1-3-10-8-15-12(13-10)14-11-7-5-4-6-9(11)2/h4-7,10H,3,8H2,1-2H3,(H,13,14). The normalized spacial score (nSPS) is 20.1. The van der Waals surface area contributed by atoms with Crippen molar-refractivity contribution in [1.29, 1.82) is 0 Å². The number of thioether (sulfide) groups is 1. The van der Waals surface area contributed by atoms with E-state index in [1.165, 1.54) is 11.3 Å². The minimum absolute atomic E-state index is 0.501. The number of anilines is 1. The van der Waals surface area contributed by atoms with Gasteiger partial charge >= 0.3 is 0 Å². The van der Waals surface area contributed by atoms with Crippen molar-refractivity contribution < 1.29 is 0 Å². The highest BCUT2D eigenvalue weighted by atomic mass is 32.2. The Bertz CT molecular complexity index is 374. The van der Waals surface area contributed by atoms with Gasteiger partial charge in [-0.05, 0) is 25.0 Å². The highest BCUT2D eigenvalue weighted by Gasteiger charge is 2.16. The number of hydrogen-bond acceptors (Lipinski definition) is 3. The summed E-state index contributed by atoms with van der Waals surface area (Å²) in [5.74, 6) is 1.12. The van der Waals surface area contributed by atoms with E-state index in [4.69, 9.17) is 0 Å². The average molecular weight is 220 g/mol. The van der Waals surface area contributed by atoms with E-state index in [9.17, 15) is 0 Å². The fraction of sp³-hybridized carbons (Fsp3) is 0.417. The quantitative estimate of drug-likeness (QED) is 0.827. The Balaban J connectivity index is 2.07. The second kappa shape index (κ2) is 4.71. The lowest BCUT2D eigenvalue weighted by Crippen LogP contribution is -2.06. The SMILES string of the molecule is CCC1CSC(Nc2ccccc2C)=N1. The summed E-state index contributed by atoms with van der Waals surface area (Å²) in [4.78, 5) is 4.61. The van der Waals surface area contributed by atoms with Gasteiger partial charge in [0.05, 0.1) is 6.04 Å². The Hall–Kier alpha value is -0.960. The molecule has 1 atom stereocenters. The first-order valence-electron chi connectivity index (χ1n) is 5.33. The molecule has 1 aliphatic heterocycles. The van der Waals surface area contributed by atoms with Crippen molar-refractivity contribution in [3.8, 4) is 0 Å². The Kier molecular flexibility index (Phi) is 3.31. The molecule has 80 valence electrons. The van der Waals surface area contributed by atoms with Gasteiger partial charge in [-0.3, -0.25) is 4.99 Å². The molecular formula is C12H16N2S. The highest BCUT2D eigenvalue weighted by Crippen LogP contribution is 2.23. The van der Waals surface area contributed by atoms with Crippen LogP contribution in [0, 0.1) is 6.92 Å². The average Bonchev–Trinajstić information content (AvgIpc) is 2.69. The van der Waals surface area contributed by atoms with Crippen LogP contribution in [0.5, 0.6) is 0 Å². The summed E-state index contributed by atoms with van der Waals surface area (Å²) in [6, 6.07) is 8.81. The van der Waals surface area contributed by atoms with Crippen LogP contribution < -0.4 is 5.32 Å². The molecule has 0 aromatic heterocycles. The maximum absolute atomic E-state index is 4.61. The molecule has 0 fully saturated rings. The molecule has 2 nitrogen and oxygen atoms in total. The van der Waals surface area contributed by atoms with Crippen molar-refractivity contribution in [2.45, 2.75) is 26.3 Å². The molecule has 2 rings (SSSR count). The van der Waals surface area contributed by atoms with Gasteiger partial charge in [-0.25, -0.2) is 0 Å². The van der Waals surface area contributed by atoms with Gasteiger partial charge in [0.2, 0.25) is 0 Å². The van der Waals surface area contributed by atoms with E-state index in [0.29, 0.717) is 6.04 Å². The molecule has 0 saturated heterocycles. The number of amidine groups is 1. The Morgan fingerprint density at radius 1 is 1.47 bits per heavy atom. The fourth-order valence-electron chi connectivity index (χ4n) is 1.52. The van der Waals surface area contributed by atoms with Crippen LogP contribution in [-0.4, -0.2) is 17.0 Å². The van der Waals surface area contributed by atoms with Gasteiger partial charge in [-0.2, -0.15) is 0 Å². The summed E-state index contributed by atoms with van der Waals surface area (Å²) in [5, 5.41) is 4.45. The lowest BCUT2D eigenvalue weighted by atomic mass is 10.2. The first-order valence-corrected chi connectivity index (χ1v) is 6.31. The Morgan fingerprint density at radius 2 is 2.27 bits per heavy atom. The smallest absolute Gasteiger partial charge is 0.161 e. The number of nitrogens with one attached hydrogen (secondary N) is 1.